The summed E-state index contributed by atoms with van der Waals surface area (Å²) in [5, 5.41) is 3.58. The van der Waals surface area contributed by atoms with Crippen molar-refractivity contribution in [2.45, 2.75) is 45.2 Å². The van der Waals surface area contributed by atoms with E-state index in [2.05, 4.69) is 33.2 Å². The molecule has 1 N–H and O–H groups in total. The van der Waals surface area contributed by atoms with E-state index >= 15 is 0 Å². The van der Waals surface area contributed by atoms with Gasteiger partial charge >= 0.3 is 0 Å². The lowest BCUT2D eigenvalue weighted by molar-refractivity contribution is -0.123. The van der Waals surface area contributed by atoms with Crippen LogP contribution in [0.25, 0.3) is 10.9 Å². The number of halogens is 1. The molecule has 1 aliphatic rings. The normalized spacial score (nSPS) is 21.3. The van der Waals surface area contributed by atoms with Gasteiger partial charge in [-0.25, -0.2) is 4.98 Å². The van der Waals surface area contributed by atoms with Gasteiger partial charge < -0.3 is 5.32 Å². The fourth-order valence-electron chi connectivity index (χ4n) is 3.18. The van der Waals surface area contributed by atoms with E-state index in [-0.39, 0.29) is 24.1 Å². The quantitative estimate of drug-likeness (QED) is 0.894. The summed E-state index contributed by atoms with van der Waals surface area (Å²) in [6.07, 6.45) is 6.00. The molecular weight excluding hydrogens is 358 g/mol. The largest absolute Gasteiger partial charge is 0.352 e. The molecule has 1 saturated carbocycles. The van der Waals surface area contributed by atoms with Crippen molar-refractivity contribution in [3.05, 3.63) is 39.4 Å². The molecule has 6 heteroatoms. The number of hydrogen-bond donors (Lipinski definition) is 1. The number of amides is 1. The van der Waals surface area contributed by atoms with E-state index in [0.29, 0.717) is 16.8 Å². The number of hydrogen-bond acceptors (Lipinski definition) is 3. The van der Waals surface area contributed by atoms with Crippen molar-refractivity contribution in [2.24, 2.45) is 5.92 Å². The second-order valence-electron chi connectivity index (χ2n) is 6.27. The molecule has 2 aromatic rings. The topological polar surface area (TPSA) is 64.0 Å². The van der Waals surface area contributed by atoms with E-state index < -0.39 is 0 Å². The number of carbonyl (C=O) groups excluding carboxylic acids is 1. The van der Waals surface area contributed by atoms with E-state index in [4.69, 9.17) is 0 Å². The van der Waals surface area contributed by atoms with Gasteiger partial charge in [0.2, 0.25) is 5.91 Å². The lowest BCUT2D eigenvalue weighted by Gasteiger charge is -2.29. The van der Waals surface area contributed by atoms with E-state index in [0.717, 1.165) is 23.7 Å². The second kappa shape index (κ2) is 6.83. The molecule has 122 valence electrons. The second-order valence-corrected chi connectivity index (χ2v) is 7.19. The summed E-state index contributed by atoms with van der Waals surface area (Å²) in [7, 11) is 0. The van der Waals surface area contributed by atoms with Crippen molar-refractivity contribution in [3.63, 3.8) is 0 Å². The van der Waals surface area contributed by atoms with Gasteiger partial charge in [-0.15, -0.1) is 0 Å². The van der Waals surface area contributed by atoms with E-state index in [1.54, 1.807) is 12.1 Å². The summed E-state index contributed by atoms with van der Waals surface area (Å²) in [6, 6.07) is 5.59. The summed E-state index contributed by atoms with van der Waals surface area (Å²) in [5.74, 6) is 0.372. The molecule has 0 bridgehead atoms. The zero-order valence-electron chi connectivity index (χ0n) is 13.1. The molecule has 1 aromatic carbocycles. The van der Waals surface area contributed by atoms with Crippen LogP contribution >= 0.6 is 15.9 Å². The Balaban J connectivity index is 1.77. The lowest BCUT2D eigenvalue weighted by atomic mass is 9.86. The maximum absolute atomic E-state index is 12.5. The third-order valence-electron chi connectivity index (χ3n) is 4.56. The molecule has 2 atom stereocenters. The summed E-state index contributed by atoms with van der Waals surface area (Å²) in [4.78, 5) is 29.0. The summed E-state index contributed by atoms with van der Waals surface area (Å²) >= 11 is 3.36. The number of benzene rings is 1. The van der Waals surface area contributed by atoms with Gasteiger partial charge in [-0.3, -0.25) is 14.2 Å². The first-order chi connectivity index (χ1) is 11.0. The van der Waals surface area contributed by atoms with Crippen LogP contribution in [0.2, 0.25) is 0 Å². The predicted octanol–water partition coefficient (Wildman–Crippen LogP) is 2.85. The van der Waals surface area contributed by atoms with Gasteiger partial charge in [-0.1, -0.05) is 35.7 Å². The molecular formula is C17H20BrN3O2. The van der Waals surface area contributed by atoms with Crippen LogP contribution in [0.15, 0.2) is 33.8 Å². The smallest absolute Gasteiger partial charge is 0.261 e. The Labute approximate surface area is 143 Å². The molecule has 3 rings (SSSR count). The molecule has 23 heavy (non-hydrogen) atoms. The molecule has 2 unspecified atom stereocenters. The minimum atomic E-state index is -0.192. The van der Waals surface area contributed by atoms with Crippen LogP contribution in [-0.2, 0) is 11.3 Å². The maximum Gasteiger partial charge on any atom is 0.261 e. The highest BCUT2D eigenvalue weighted by atomic mass is 79.9. The van der Waals surface area contributed by atoms with Crippen LogP contribution in [-0.4, -0.2) is 21.5 Å². The van der Waals surface area contributed by atoms with Crippen LogP contribution in [0.4, 0.5) is 0 Å². The number of rotatable bonds is 3. The van der Waals surface area contributed by atoms with Gasteiger partial charge in [0.05, 0.1) is 17.2 Å². The number of aromatic nitrogens is 2. The average molecular weight is 378 g/mol. The minimum Gasteiger partial charge on any atom is -0.352 e. The van der Waals surface area contributed by atoms with Crippen LogP contribution in [0, 0.1) is 5.92 Å². The molecule has 0 aliphatic heterocycles. The molecule has 0 saturated heterocycles. The first-order valence-corrected chi connectivity index (χ1v) is 8.78. The number of fused-ring (bicyclic) bond motifs is 1. The van der Waals surface area contributed by atoms with Crippen molar-refractivity contribution < 1.29 is 4.79 Å². The Bertz CT molecular complexity index is 787. The number of carbonyl (C=O) groups is 1. The predicted molar refractivity (Wildman–Crippen MR) is 93.3 cm³/mol. The van der Waals surface area contributed by atoms with Crippen molar-refractivity contribution >= 4 is 32.7 Å². The average Bonchev–Trinajstić information content (AvgIpc) is 2.53. The Hall–Kier alpha value is -1.69. The van der Waals surface area contributed by atoms with Gasteiger partial charge in [0.25, 0.3) is 5.56 Å². The van der Waals surface area contributed by atoms with Gasteiger partial charge in [0, 0.05) is 10.5 Å². The Morgan fingerprint density at radius 2 is 2.17 bits per heavy atom. The van der Waals surface area contributed by atoms with Gasteiger partial charge in [0.15, 0.2) is 0 Å². The van der Waals surface area contributed by atoms with Crippen molar-refractivity contribution in [1.82, 2.24) is 14.9 Å². The van der Waals surface area contributed by atoms with Crippen LogP contribution in [0.5, 0.6) is 0 Å². The first kappa shape index (κ1) is 16.2. The zero-order valence-corrected chi connectivity index (χ0v) is 14.7. The van der Waals surface area contributed by atoms with Gasteiger partial charge in [-0.05, 0) is 37.0 Å². The molecule has 1 heterocycles. The molecule has 0 spiro atoms. The molecule has 1 amide bonds. The maximum atomic E-state index is 12.5. The van der Waals surface area contributed by atoms with E-state index in [9.17, 15) is 9.59 Å². The minimum absolute atomic E-state index is 0.0114. The Morgan fingerprint density at radius 1 is 1.39 bits per heavy atom. The number of nitrogens with zero attached hydrogens (tertiary/aromatic N) is 2. The van der Waals surface area contributed by atoms with E-state index in [1.807, 2.05) is 6.07 Å². The van der Waals surface area contributed by atoms with E-state index in [1.165, 1.54) is 17.3 Å². The molecule has 1 aliphatic carbocycles. The Kier molecular flexibility index (Phi) is 4.80. The standard InChI is InChI=1S/C17H20BrN3O2/c1-11-4-2-3-5-14(11)20-16(22)9-21-10-19-15-7-6-12(18)8-13(15)17(21)23/h6-8,10-11,14H,2-5,9H2,1H3,(H,20,22). The molecule has 0 radical (unpaired) electrons. The van der Waals surface area contributed by atoms with Crippen LogP contribution in [0.3, 0.4) is 0 Å². The third-order valence-corrected chi connectivity index (χ3v) is 5.05. The summed E-state index contributed by atoms with van der Waals surface area (Å²) in [5.41, 5.74) is 0.443. The van der Waals surface area contributed by atoms with Gasteiger partial charge in [0.1, 0.15) is 6.54 Å². The fraction of sp³-hybridized carbons (Fsp3) is 0.471. The van der Waals surface area contributed by atoms with Gasteiger partial charge in [-0.2, -0.15) is 0 Å². The van der Waals surface area contributed by atoms with Crippen LogP contribution in [0.1, 0.15) is 32.6 Å². The summed E-state index contributed by atoms with van der Waals surface area (Å²) < 4.78 is 2.19. The SMILES string of the molecule is CC1CCCCC1NC(=O)Cn1cnc2ccc(Br)cc2c1=O. The Morgan fingerprint density at radius 3 is 2.96 bits per heavy atom. The molecule has 1 fully saturated rings. The highest BCUT2D eigenvalue weighted by molar-refractivity contribution is 9.10. The van der Waals surface area contributed by atoms with Crippen LogP contribution < -0.4 is 10.9 Å². The monoisotopic (exact) mass is 377 g/mol. The third kappa shape index (κ3) is 3.63. The first-order valence-electron chi connectivity index (χ1n) is 7.98. The molecule has 1 aromatic heterocycles. The van der Waals surface area contributed by atoms with Crippen molar-refractivity contribution in [1.29, 1.82) is 0 Å². The fourth-order valence-corrected chi connectivity index (χ4v) is 3.54. The highest BCUT2D eigenvalue weighted by Crippen LogP contribution is 2.23. The van der Waals surface area contributed by atoms with Crippen molar-refractivity contribution in [3.8, 4) is 0 Å². The summed E-state index contributed by atoms with van der Waals surface area (Å²) in [6.45, 7) is 2.18. The highest BCUT2D eigenvalue weighted by Gasteiger charge is 2.22. The molecule has 5 nitrogen and oxygen atoms in total. The lowest BCUT2D eigenvalue weighted by Crippen LogP contribution is -2.43. The zero-order chi connectivity index (χ0) is 16.4. The van der Waals surface area contributed by atoms with Crippen molar-refractivity contribution in [2.75, 3.05) is 0 Å². The number of nitrogens with one attached hydrogen (secondary N) is 1.